The molecule has 3 nitrogen and oxygen atoms in total. The number of aryl methyl sites for hydroxylation is 1. The summed E-state index contributed by atoms with van der Waals surface area (Å²) in [4.78, 5) is 2.53. The highest BCUT2D eigenvalue weighted by molar-refractivity contribution is 5.36. The summed E-state index contributed by atoms with van der Waals surface area (Å²) in [6, 6.07) is 6.92. The van der Waals surface area contributed by atoms with E-state index in [1.807, 2.05) is 0 Å². The predicted octanol–water partition coefficient (Wildman–Crippen LogP) is 2.95. The van der Waals surface area contributed by atoms with E-state index in [4.69, 9.17) is 10.5 Å². The second-order valence-electron chi connectivity index (χ2n) is 5.97. The summed E-state index contributed by atoms with van der Waals surface area (Å²) >= 11 is 0. The summed E-state index contributed by atoms with van der Waals surface area (Å²) in [5.41, 5.74) is 8.56. The van der Waals surface area contributed by atoms with Crippen LogP contribution in [0.1, 0.15) is 37.3 Å². The van der Waals surface area contributed by atoms with Crippen molar-refractivity contribution < 1.29 is 4.74 Å². The van der Waals surface area contributed by atoms with Gasteiger partial charge in [0.25, 0.3) is 0 Å². The van der Waals surface area contributed by atoms with Gasteiger partial charge in [0, 0.05) is 24.7 Å². The molecule has 0 saturated carbocycles. The topological polar surface area (TPSA) is 38.5 Å². The summed E-state index contributed by atoms with van der Waals surface area (Å²) in [5, 5.41) is 0. The van der Waals surface area contributed by atoms with Gasteiger partial charge in [-0.05, 0) is 38.3 Å². The van der Waals surface area contributed by atoms with E-state index < -0.39 is 0 Å². The molecule has 0 aromatic heterocycles. The molecule has 112 valence electrons. The minimum absolute atomic E-state index is 0.513. The molecule has 1 aromatic rings. The van der Waals surface area contributed by atoms with Crippen molar-refractivity contribution in [2.45, 2.75) is 45.7 Å². The maximum absolute atomic E-state index is 5.99. The van der Waals surface area contributed by atoms with Crippen LogP contribution in [0.2, 0.25) is 0 Å². The predicted molar refractivity (Wildman–Crippen MR) is 84.0 cm³/mol. The number of piperidine rings is 1. The van der Waals surface area contributed by atoms with E-state index in [0.717, 1.165) is 31.3 Å². The second kappa shape index (κ2) is 7.09. The van der Waals surface area contributed by atoms with Gasteiger partial charge >= 0.3 is 0 Å². The van der Waals surface area contributed by atoms with E-state index in [2.05, 4.69) is 36.9 Å². The molecule has 2 N–H and O–H groups in total. The van der Waals surface area contributed by atoms with Gasteiger partial charge in [-0.3, -0.25) is 4.90 Å². The molecule has 0 bridgehead atoms. The standard InChI is InChI=1S/C17H28N2O/c1-4-14-7-8-19(16(10-14)11-18)12-15-9-13(2)5-6-17(15)20-3/h5-6,9,14,16H,4,7-8,10-12,18H2,1-3H3. The summed E-state index contributed by atoms with van der Waals surface area (Å²) in [5.74, 6) is 1.84. The lowest BCUT2D eigenvalue weighted by Crippen LogP contribution is -2.46. The Balaban J connectivity index is 2.10. The lowest BCUT2D eigenvalue weighted by molar-refractivity contribution is 0.106. The molecule has 1 aliphatic heterocycles. The third kappa shape index (κ3) is 3.53. The molecule has 2 atom stereocenters. The normalized spacial score (nSPS) is 23.8. The molecule has 1 heterocycles. The van der Waals surface area contributed by atoms with E-state index in [-0.39, 0.29) is 0 Å². The largest absolute Gasteiger partial charge is 0.496 e. The number of rotatable bonds is 5. The van der Waals surface area contributed by atoms with Crippen molar-refractivity contribution in [2.75, 3.05) is 20.2 Å². The summed E-state index contributed by atoms with van der Waals surface area (Å²) in [7, 11) is 1.75. The van der Waals surface area contributed by atoms with Gasteiger partial charge in [-0.1, -0.05) is 31.0 Å². The van der Waals surface area contributed by atoms with Crippen molar-refractivity contribution in [3.63, 3.8) is 0 Å². The number of ether oxygens (including phenoxy) is 1. The molecule has 1 saturated heterocycles. The first-order valence-corrected chi connectivity index (χ1v) is 7.75. The third-order valence-electron chi connectivity index (χ3n) is 4.61. The van der Waals surface area contributed by atoms with Crippen molar-refractivity contribution in [1.29, 1.82) is 0 Å². The summed E-state index contributed by atoms with van der Waals surface area (Å²) in [6.45, 7) is 7.27. The first kappa shape index (κ1) is 15.3. The Morgan fingerprint density at radius 3 is 2.85 bits per heavy atom. The average molecular weight is 276 g/mol. The van der Waals surface area contributed by atoms with Gasteiger partial charge in [0.05, 0.1) is 7.11 Å². The zero-order valence-corrected chi connectivity index (χ0v) is 13.1. The van der Waals surface area contributed by atoms with Crippen LogP contribution in [-0.2, 0) is 6.54 Å². The van der Waals surface area contributed by atoms with Crippen LogP contribution in [0.25, 0.3) is 0 Å². The van der Waals surface area contributed by atoms with Gasteiger partial charge < -0.3 is 10.5 Å². The van der Waals surface area contributed by atoms with Crippen LogP contribution < -0.4 is 10.5 Å². The van der Waals surface area contributed by atoms with E-state index in [1.165, 1.54) is 30.4 Å². The summed E-state index contributed by atoms with van der Waals surface area (Å²) < 4.78 is 5.50. The maximum atomic E-state index is 5.99. The fourth-order valence-corrected chi connectivity index (χ4v) is 3.26. The Hall–Kier alpha value is -1.06. The van der Waals surface area contributed by atoms with E-state index in [1.54, 1.807) is 7.11 Å². The SMILES string of the molecule is CCC1CCN(Cc2cc(C)ccc2OC)C(CN)C1. The van der Waals surface area contributed by atoms with E-state index in [0.29, 0.717) is 6.04 Å². The first-order chi connectivity index (χ1) is 9.67. The van der Waals surface area contributed by atoms with Crippen LogP contribution in [0, 0.1) is 12.8 Å². The molecule has 0 spiro atoms. The first-order valence-electron chi connectivity index (χ1n) is 7.75. The Labute approximate surface area is 123 Å². The van der Waals surface area contributed by atoms with Crippen molar-refractivity contribution >= 4 is 0 Å². The third-order valence-corrected chi connectivity index (χ3v) is 4.61. The molecule has 20 heavy (non-hydrogen) atoms. The molecule has 3 heteroatoms. The highest BCUT2D eigenvalue weighted by Crippen LogP contribution is 2.28. The van der Waals surface area contributed by atoms with E-state index >= 15 is 0 Å². The molecule has 1 aliphatic rings. The highest BCUT2D eigenvalue weighted by atomic mass is 16.5. The Bertz CT molecular complexity index is 433. The van der Waals surface area contributed by atoms with Crippen LogP contribution in [0.3, 0.4) is 0 Å². The van der Waals surface area contributed by atoms with E-state index in [9.17, 15) is 0 Å². The molecule has 1 aromatic carbocycles. The number of likely N-dealkylation sites (tertiary alicyclic amines) is 1. The molecule has 0 radical (unpaired) electrons. The van der Waals surface area contributed by atoms with Crippen molar-refractivity contribution in [3.05, 3.63) is 29.3 Å². The van der Waals surface area contributed by atoms with Gasteiger partial charge in [0.2, 0.25) is 0 Å². The molecule has 2 unspecified atom stereocenters. The smallest absolute Gasteiger partial charge is 0.123 e. The minimum atomic E-state index is 0.513. The monoisotopic (exact) mass is 276 g/mol. The molecule has 2 rings (SSSR count). The Morgan fingerprint density at radius 2 is 2.20 bits per heavy atom. The number of hydrogen-bond acceptors (Lipinski definition) is 3. The van der Waals surface area contributed by atoms with Crippen molar-refractivity contribution in [1.82, 2.24) is 4.90 Å². The quantitative estimate of drug-likeness (QED) is 0.898. The minimum Gasteiger partial charge on any atom is -0.496 e. The zero-order chi connectivity index (χ0) is 14.5. The fourth-order valence-electron chi connectivity index (χ4n) is 3.26. The molecule has 0 amide bonds. The highest BCUT2D eigenvalue weighted by Gasteiger charge is 2.27. The Kier molecular flexibility index (Phi) is 5.44. The molecular formula is C17H28N2O. The molecular weight excluding hydrogens is 248 g/mol. The number of benzene rings is 1. The van der Waals surface area contributed by atoms with Gasteiger partial charge in [0.1, 0.15) is 5.75 Å². The lowest BCUT2D eigenvalue weighted by atomic mass is 9.88. The zero-order valence-electron chi connectivity index (χ0n) is 13.1. The number of nitrogens with two attached hydrogens (primary N) is 1. The van der Waals surface area contributed by atoms with Gasteiger partial charge in [0.15, 0.2) is 0 Å². The number of methoxy groups -OCH3 is 1. The van der Waals surface area contributed by atoms with Crippen LogP contribution >= 0.6 is 0 Å². The van der Waals surface area contributed by atoms with Crippen molar-refractivity contribution in [3.8, 4) is 5.75 Å². The van der Waals surface area contributed by atoms with Gasteiger partial charge in [-0.25, -0.2) is 0 Å². The lowest BCUT2D eigenvalue weighted by Gasteiger charge is -2.39. The average Bonchev–Trinajstić information content (AvgIpc) is 2.48. The van der Waals surface area contributed by atoms with Gasteiger partial charge in [-0.2, -0.15) is 0 Å². The van der Waals surface area contributed by atoms with Crippen LogP contribution in [0.15, 0.2) is 18.2 Å². The van der Waals surface area contributed by atoms with Gasteiger partial charge in [-0.15, -0.1) is 0 Å². The number of hydrogen-bond donors (Lipinski definition) is 1. The molecule has 1 fully saturated rings. The maximum Gasteiger partial charge on any atom is 0.123 e. The van der Waals surface area contributed by atoms with Crippen LogP contribution in [0.4, 0.5) is 0 Å². The fraction of sp³-hybridized carbons (Fsp3) is 0.647. The number of nitrogens with zero attached hydrogens (tertiary/aromatic N) is 1. The summed E-state index contributed by atoms with van der Waals surface area (Å²) in [6.07, 6.45) is 3.81. The molecule has 0 aliphatic carbocycles. The van der Waals surface area contributed by atoms with Crippen LogP contribution in [0.5, 0.6) is 5.75 Å². The second-order valence-corrected chi connectivity index (χ2v) is 5.97. The van der Waals surface area contributed by atoms with Crippen molar-refractivity contribution in [2.24, 2.45) is 11.7 Å². The van der Waals surface area contributed by atoms with Crippen LogP contribution in [-0.4, -0.2) is 31.1 Å². The Morgan fingerprint density at radius 1 is 1.40 bits per heavy atom.